The zero-order chi connectivity index (χ0) is 13.7. The second kappa shape index (κ2) is 5.82. The summed E-state index contributed by atoms with van der Waals surface area (Å²) in [6.07, 6.45) is 3.70. The maximum absolute atomic E-state index is 10.8. The molecule has 0 spiro atoms. The van der Waals surface area contributed by atoms with Crippen LogP contribution in [0.4, 0.5) is 5.69 Å². The van der Waals surface area contributed by atoms with E-state index in [1.54, 1.807) is 19.3 Å². The first-order valence-electron chi connectivity index (χ1n) is 5.76. The maximum atomic E-state index is 10.8. The summed E-state index contributed by atoms with van der Waals surface area (Å²) in [5.74, 6) is 0.609. The molecular weight excluding hydrogens is 242 g/mol. The van der Waals surface area contributed by atoms with Gasteiger partial charge in [-0.15, -0.1) is 0 Å². The number of hydrogen-bond donors (Lipinski definition) is 0. The Morgan fingerprint density at radius 1 is 1.11 bits per heavy atom. The minimum absolute atomic E-state index is 0.0495. The molecule has 0 saturated heterocycles. The van der Waals surface area contributed by atoms with E-state index >= 15 is 0 Å². The maximum Gasteiger partial charge on any atom is 0.270 e. The molecule has 4 nitrogen and oxygen atoms in total. The lowest BCUT2D eigenvalue weighted by Gasteiger charge is -2.04. The van der Waals surface area contributed by atoms with Gasteiger partial charge in [-0.3, -0.25) is 10.1 Å². The van der Waals surface area contributed by atoms with Gasteiger partial charge in [0.1, 0.15) is 5.75 Å². The van der Waals surface area contributed by atoms with E-state index in [1.165, 1.54) is 12.1 Å². The molecule has 0 bridgehead atoms. The molecule has 0 aromatic heterocycles. The Kier molecular flexibility index (Phi) is 3.93. The molecule has 2 aromatic carbocycles. The van der Waals surface area contributed by atoms with Gasteiger partial charge < -0.3 is 4.74 Å². The Morgan fingerprint density at radius 3 is 2.47 bits per heavy atom. The normalized spacial score (nSPS) is 10.6. The van der Waals surface area contributed by atoms with E-state index in [0.29, 0.717) is 11.3 Å². The van der Waals surface area contributed by atoms with E-state index in [9.17, 15) is 10.1 Å². The lowest BCUT2D eigenvalue weighted by Crippen LogP contribution is -1.91. The van der Waals surface area contributed by atoms with Crippen LogP contribution in [0.15, 0.2) is 48.5 Å². The zero-order valence-electron chi connectivity index (χ0n) is 10.4. The van der Waals surface area contributed by atoms with Crippen molar-refractivity contribution in [2.24, 2.45) is 0 Å². The smallest absolute Gasteiger partial charge is 0.270 e. The topological polar surface area (TPSA) is 52.4 Å². The van der Waals surface area contributed by atoms with E-state index in [0.717, 1.165) is 5.56 Å². The molecule has 0 atom stereocenters. The lowest BCUT2D eigenvalue weighted by atomic mass is 10.1. The first-order valence-corrected chi connectivity index (χ1v) is 5.76. The third kappa shape index (κ3) is 3.19. The largest absolute Gasteiger partial charge is 0.496 e. The average Bonchev–Trinajstić information content (AvgIpc) is 2.45. The molecule has 96 valence electrons. The van der Waals surface area contributed by atoms with E-state index in [2.05, 4.69) is 0 Å². The Morgan fingerprint density at radius 2 is 1.84 bits per heavy atom. The predicted molar refractivity (Wildman–Crippen MR) is 75.0 cm³/mol. The highest BCUT2D eigenvalue weighted by Crippen LogP contribution is 2.25. The third-order valence-corrected chi connectivity index (χ3v) is 2.68. The van der Waals surface area contributed by atoms with Crippen molar-refractivity contribution in [1.82, 2.24) is 0 Å². The highest BCUT2D eigenvalue weighted by molar-refractivity contribution is 5.73. The highest BCUT2D eigenvalue weighted by atomic mass is 16.6. The van der Waals surface area contributed by atoms with Crippen LogP contribution in [0.25, 0.3) is 12.2 Å². The second-order valence-corrected chi connectivity index (χ2v) is 3.93. The molecule has 0 radical (unpaired) electrons. The van der Waals surface area contributed by atoms with Crippen molar-refractivity contribution >= 4 is 17.8 Å². The average molecular weight is 255 g/mol. The van der Waals surface area contributed by atoms with Crippen LogP contribution in [-0.2, 0) is 0 Å². The summed E-state index contributed by atoms with van der Waals surface area (Å²) in [7, 11) is 1.54. The van der Waals surface area contributed by atoms with Gasteiger partial charge in [0.25, 0.3) is 5.69 Å². The van der Waals surface area contributed by atoms with Crippen LogP contribution in [-0.4, -0.2) is 12.0 Å². The lowest BCUT2D eigenvalue weighted by molar-refractivity contribution is -0.384. The van der Waals surface area contributed by atoms with Crippen molar-refractivity contribution in [3.8, 4) is 5.75 Å². The summed E-state index contributed by atoms with van der Waals surface area (Å²) >= 11 is 0. The molecule has 2 aromatic rings. The fraction of sp³-hybridized carbons (Fsp3) is 0.0667. The van der Waals surface area contributed by atoms with E-state index in [-0.39, 0.29) is 5.69 Å². The van der Waals surface area contributed by atoms with Gasteiger partial charge in [0.2, 0.25) is 0 Å². The molecule has 0 heterocycles. The standard InChI is InChI=1S/C15H13NO3/c1-19-15-10-9-14(16(17)18)11-13(15)8-7-12-5-3-2-4-6-12/h2-11H,1H3. The van der Waals surface area contributed by atoms with Gasteiger partial charge in [-0.05, 0) is 11.6 Å². The fourth-order valence-corrected chi connectivity index (χ4v) is 1.72. The van der Waals surface area contributed by atoms with Crippen molar-refractivity contribution in [1.29, 1.82) is 0 Å². The van der Waals surface area contributed by atoms with Gasteiger partial charge in [-0.2, -0.15) is 0 Å². The van der Waals surface area contributed by atoms with Crippen molar-refractivity contribution in [3.63, 3.8) is 0 Å². The number of ether oxygens (including phenoxy) is 1. The summed E-state index contributed by atoms with van der Waals surface area (Å²) in [6, 6.07) is 14.3. The van der Waals surface area contributed by atoms with Crippen LogP contribution in [0, 0.1) is 10.1 Å². The summed E-state index contributed by atoms with van der Waals surface area (Å²) in [5.41, 5.74) is 1.75. The Labute approximate surface area is 111 Å². The van der Waals surface area contributed by atoms with Crippen LogP contribution in [0.1, 0.15) is 11.1 Å². The van der Waals surface area contributed by atoms with E-state index < -0.39 is 4.92 Å². The molecule has 0 aliphatic rings. The third-order valence-electron chi connectivity index (χ3n) is 2.68. The molecule has 4 heteroatoms. The summed E-state index contributed by atoms with van der Waals surface area (Å²) < 4.78 is 5.19. The molecule has 0 saturated carbocycles. The van der Waals surface area contributed by atoms with Gasteiger partial charge in [-0.25, -0.2) is 0 Å². The van der Waals surface area contributed by atoms with Crippen molar-refractivity contribution < 1.29 is 9.66 Å². The fourth-order valence-electron chi connectivity index (χ4n) is 1.72. The zero-order valence-corrected chi connectivity index (χ0v) is 10.4. The quantitative estimate of drug-likeness (QED) is 0.474. The van der Waals surface area contributed by atoms with Crippen LogP contribution >= 0.6 is 0 Å². The van der Waals surface area contributed by atoms with Gasteiger partial charge in [0, 0.05) is 17.7 Å². The molecule has 2 rings (SSSR count). The van der Waals surface area contributed by atoms with Crippen LogP contribution < -0.4 is 4.74 Å². The number of non-ortho nitro benzene ring substituents is 1. The molecule has 0 amide bonds. The second-order valence-electron chi connectivity index (χ2n) is 3.93. The Hall–Kier alpha value is -2.62. The van der Waals surface area contributed by atoms with Crippen LogP contribution in [0.5, 0.6) is 5.75 Å². The number of benzene rings is 2. The molecule has 0 N–H and O–H groups in total. The molecule has 0 fully saturated rings. The molecular formula is C15H13NO3. The van der Waals surface area contributed by atoms with Gasteiger partial charge in [-0.1, -0.05) is 42.5 Å². The van der Waals surface area contributed by atoms with Gasteiger partial charge in [0.05, 0.1) is 12.0 Å². The highest BCUT2D eigenvalue weighted by Gasteiger charge is 2.09. The summed E-state index contributed by atoms with van der Waals surface area (Å²) in [4.78, 5) is 10.4. The number of hydrogen-bond acceptors (Lipinski definition) is 3. The summed E-state index contributed by atoms with van der Waals surface area (Å²) in [5, 5.41) is 10.8. The minimum Gasteiger partial charge on any atom is -0.496 e. The SMILES string of the molecule is COc1ccc([N+](=O)[O-])cc1C=Cc1ccccc1. The Balaban J connectivity index is 2.35. The number of methoxy groups -OCH3 is 1. The number of rotatable bonds is 4. The number of nitro groups is 1. The van der Waals surface area contributed by atoms with Crippen molar-refractivity contribution in [3.05, 3.63) is 69.8 Å². The number of nitro benzene ring substituents is 1. The van der Waals surface area contributed by atoms with Gasteiger partial charge in [0.15, 0.2) is 0 Å². The first kappa shape index (κ1) is 12.8. The minimum atomic E-state index is -0.417. The van der Waals surface area contributed by atoms with E-state index in [1.807, 2.05) is 36.4 Å². The molecule has 0 unspecified atom stereocenters. The summed E-state index contributed by atoms with van der Waals surface area (Å²) in [6.45, 7) is 0. The van der Waals surface area contributed by atoms with Crippen LogP contribution in [0.3, 0.4) is 0 Å². The first-order chi connectivity index (χ1) is 9.20. The molecule has 19 heavy (non-hydrogen) atoms. The Bertz CT molecular complexity index is 606. The molecule has 0 aliphatic heterocycles. The van der Waals surface area contributed by atoms with Gasteiger partial charge >= 0.3 is 0 Å². The monoisotopic (exact) mass is 255 g/mol. The van der Waals surface area contributed by atoms with Crippen molar-refractivity contribution in [2.45, 2.75) is 0 Å². The predicted octanol–water partition coefficient (Wildman–Crippen LogP) is 3.77. The molecule has 0 aliphatic carbocycles. The van der Waals surface area contributed by atoms with E-state index in [4.69, 9.17) is 4.74 Å². The number of nitrogens with zero attached hydrogens (tertiary/aromatic N) is 1. The van der Waals surface area contributed by atoms with Crippen molar-refractivity contribution in [2.75, 3.05) is 7.11 Å². The van der Waals surface area contributed by atoms with Crippen LogP contribution in [0.2, 0.25) is 0 Å².